The van der Waals surface area contributed by atoms with Crippen molar-refractivity contribution in [2.75, 3.05) is 5.73 Å². The third kappa shape index (κ3) is 2.90. The first-order valence-corrected chi connectivity index (χ1v) is 7.26. The van der Waals surface area contributed by atoms with Crippen LogP contribution in [0.5, 0.6) is 0 Å². The fourth-order valence-corrected chi connectivity index (χ4v) is 2.58. The molecule has 0 atom stereocenters. The highest BCUT2D eigenvalue weighted by molar-refractivity contribution is 5.83. The number of nitrogens with zero attached hydrogens (tertiary/aromatic N) is 2. The van der Waals surface area contributed by atoms with Crippen molar-refractivity contribution in [3.05, 3.63) is 66.7 Å². The van der Waals surface area contributed by atoms with Gasteiger partial charge in [-0.1, -0.05) is 48.5 Å². The lowest BCUT2D eigenvalue weighted by molar-refractivity contribution is 1.50. The second-order valence-electron chi connectivity index (χ2n) is 5.19. The molecule has 0 aliphatic rings. The zero-order chi connectivity index (χ0) is 16.2. The maximum Gasteiger partial charge on any atom is 0.0852 e. The average Bonchev–Trinajstić information content (AvgIpc) is 2.61. The van der Waals surface area contributed by atoms with Crippen molar-refractivity contribution in [3.8, 4) is 22.3 Å². The Morgan fingerprint density at radius 2 is 1.30 bits per heavy atom. The normalized spacial score (nSPS) is 10.3. The van der Waals surface area contributed by atoms with Gasteiger partial charge in [0.2, 0.25) is 0 Å². The van der Waals surface area contributed by atoms with Crippen LogP contribution in [0.25, 0.3) is 22.3 Å². The predicted molar refractivity (Wildman–Crippen MR) is 100 cm³/mol. The van der Waals surface area contributed by atoms with Crippen molar-refractivity contribution in [2.24, 2.45) is 9.98 Å². The molecule has 0 aromatic heterocycles. The van der Waals surface area contributed by atoms with Gasteiger partial charge in [0, 0.05) is 5.56 Å². The van der Waals surface area contributed by atoms with E-state index in [4.69, 9.17) is 5.73 Å². The lowest BCUT2D eigenvalue weighted by Gasteiger charge is -2.10. The third-order valence-electron chi connectivity index (χ3n) is 3.78. The molecule has 0 heterocycles. The van der Waals surface area contributed by atoms with Crippen LogP contribution < -0.4 is 5.73 Å². The van der Waals surface area contributed by atoms with Gasteiger partial charge in [-0.2, -0.15) is 0 Å². The second-order valence-corrected chi connectivity index (χ2v) is 5.19. The number of nitrogen functional groups attached to an aromatic ring is 1. The van der Waals surface area contributed by atoms with E-state index in [-0.39, 0.29) is 0 Å². The molecule has 3 nitrogen and oxygen atoms in total. The molecule has 0 unspecified atom stereocenters. The molecule has 0 bridgehead atoms. The maximum atomic E-state index is 5.99. The van der Waals surface area contributed by atoms with E-state index in [0.29, 0.717) is 11.4 Å². The van der Waals surface area contributed by atoms with Crippen LogP contribution in [0, 0.1) is 0 Å². The first-order chi connectivity index (χ1) is 11.2. The number of hydrogen-bond acceptors (Lipinski definition) is 3. The van der Waals surface area contributed by atoms with Crippen LogP contribution in [0.3, 0.4) is 0 Å². The van der Waals surface area contributed by atoms with Crippen molar-refractivity contribution < 1.29 is 0 Å². The monoisotopic (exact) mass is 299 g/mol. The first-order valence-electron chi connectivity index (χ1n) is 7.26. The summed E-state index contributed by atoms with van der Waals surface area (Å²) in [5.41, 5.74) is 12.4. The maximum absolute atomic E-state index is 5.99. The fourth-order valence-electron chi connectivity index (χ4n) is 2.58. The smallest absolute Gasteiger partial charge is 0.0852 e. The van der Waals surface area contributed by atoms with E-state index >= 15 is 0 Å². The molecule has 3 rings (SSSR count). The highest BCUT2D eigenvalue weighted by atomic mass is 14.7. The number of rotatable bonds is 4. The quantitative estimate of drug-likeness (QED) is 0.518. The predicted octanol–water partition coefficient (Wildman–Crippen LogP) is 5.27. The first kappa shape index (κ1) is 14.7. The Labute approximate surface area is 135 Å². The average molecular weight is 299 g/mol. The Kier molecular flexibility index (Phi) is 4.02. The molecule has 3 aromatic rings. The molecule has 0 aliphatic heterocycles. The summed E-state index contributed by atoms with van der Waals surface area (Å²) in [4.78, 5) is 8.07. The highest BCUT2D eigenvalue weighted by Crippen LogP contribution is 2.35. The minimum Gasteiger partial charge on any atom is -0.397 e. The number of anilines is 1. The zero-order valence-corrected chi connectivity index (χ0v) is 12.7. The molecule has 0 saturated carbocycles. The van der Waals surface area contributed by atoms with Crippen LogP contribution in [0.1, 0.15) is 0 Å². The van der Waals surface area contributed by atoms with Gasteiger partial charge >= 0.3 is 0 Å². The van der Waals surface area contributed by atoms with E-state index < -0.39 is 0 Å². The van der Waals surface area contributed by atoms with Crippen molar-refractivity contribution in [2.45, 2.75) is 0 Å². The molecule has 0 saturated heterocycles. The summed E-state index contributed by atoms with van der Waals surface area (Å²) in [6.45, 7) is 7.21. The standard InChI is InChI=1S/C20H17N3/c1-22-19-11-9-15(12-18(19)21)16-8-10-17(20(13-16)23-2)14-6-4-3-5-7-14/h3-13H,1-2,21H2. The van der Waals surface area contributed by atoms with Gasteiger partial charge in [-0.05, 0) is 48.3 Å². The van der Waals surface area contributed by atoms with Crippen LogP contribution in [0.4, 0.5) is 17.1 Å². The molecule has 112 valence electrons. The Morgan fingerprint density at radius 1 is 0.652 bits per heavy atom. The molecular formula is C20H17N3. The SMILES string of the molecule is C=Nc1ccc(-c2ccc(-c3ccccc3)c(N=C)c2)cc1N. The Balaban J connectivity index is 2.07. The molecule has 0 aliphatic carbocycles. The van der Waals surface area contributed by atoms with Crippen LogP contribution in [0.2, 0.25) is 0 Å². The van der Waals surface area contributed by atoms with Gasteiger partial charge < -0.3 is 5.73 Å². The fraction of sp³-hybridized carbons (Fsp3) is 0. The number of benzene rings is 3. The molecule has 0 fully saturated rings. The molecule has 0 spiro atoms. The molecule has 2 N–H and O–H groups in total. The highest BCUT2D eigenvalue weighted by Gasteiger charge is 2.07. The summed E-state index contributed by atoms with van der Waals surface area (Å²) in [6.07, 6.45) is 0. The summed E-state index contributed by atoms with van der Waals surface area (Å²) in [5.74, 6) is 0. The number of hydrogen-bond donors (Lipinski definition) is 1. The topological polar surface area (TPSA) is 50.7 Å². The van der Waals surface area contributed by atoms with Gasteiger partial charge in [-0.3, -0.25) is 9.98 Å². The van der Waals surface area contributed by atoms with E-state index in [1.165, 1.54) is 0 Å². The number of nitrogens with two attached hydrogens (primary N) is 1. The summed E-state index contributed by atoms with van der Waals surface area (Å²) in [5, 5.41) is 0. The van der Waals surface area contributed by atoms with Crippen LogP contribution in [-0.4, -0.2) is 13.4 Å². The van der Waals surface area contributed by atoms with Crippen LogP contribution in [-0.2, 0) is 0 Å². The van der Waals surface area contributed by atoms with E-state index in [0.717, 1.165) is 27.9 Å². The lowest BCUT2D eigenvalue weighted by Crippen LogP contribution is -1.87. The van der Waals surface area contributed by atoms with Gasteiger partial charge in [0.25, 0.3) is 0 Å². The van der Waals surface area contributed by atoms with E-state index in [1.807, 2.05) is 42.5 Å². The molecular weight excluding hydrogens is 282 g/mol. The van der Waals surface area contributed by atoms with E-state index in [9.17, 15) is 0 Å². The van der Waals surface area contributed by atoms with Gasteiger partial charge in [-0.15, -0.1) is 0 Å². The van der Waals surface area contributed by atoms with Crippen molar-refractivity contribution >= 4 is 30.5 Å². The minimum atomic E-state index is 0.609. The largest absolute Gasteiger partial charge is 0.397 e. The van der Waals surface area contributed by atoms with Gasteiger partial charge in [0.05, 0.1) is 17.1 Å². The third-order valence-corrected chi connectivity index (χ3v) is 3.78. The molecule has 3 heteroatoms. The lowest BCUT2D eigenvalue weighted by atomic mass is 9.98. The molecule has 3 aromatic carbocycles. The van der Waals surface area contributed by atoms with Crippen molar-refractivity contribution in [1.82, 2.24) is 0 Å². The molecule has 0 amide bonds. The van der Waals surface area contributed by atoms with Gasteiger partial charge in [0.15, 0.2) is 0 Å². The van der Waals surface area contributed by atoms with E-state index in [2.05, 4.69) is 47.7 Å². The van der Waals surface area contributed by atoms with Crippen molar-refractivity contribution in [1.29, 1.82) is 0 Å². The van der Waals surface area contributed by atoms with Gasteiger partial charge in [0.1, 0.15) is 0 Å². The Morgan fingerprint density at radius 3 is 1.96 bits per heavy atom. The summed E-state index contributed by atoms with van der Waals surface area (Å²) in [6, 6.07) is 22.0. The van der Waals surface area contributed by atoms with E-state index in [1.54, 1.807) is 0 Å². The van der Waals surface area contributed by atoms with Crippen LogP contribution in [0.15, 0.2) is 76.7 Å². The number of aliphatic imine (C=N–C) groups is 2. The second kappa shape index (κ2) is 6.28. The Hall–Kier alpha value is -3.20. The van der Waals surface area contributed by atoms with Gasteiger partial charge in [-0.25, -0.2) is 0 Å². The zero-order valence-electron chi connectivity index (χ0n) is 12.7. The summed E-state index contributed by atoms with van der Waals surface area (Å²) < 4.78 is 0. The minimum absolute atomic E-state index is 0.609. The molecule has 23 heavy (non-hydrogen) atoms. The van der Waals surface area contributed by atoms with Crippen molar-refractivity contribution in [3.63, 3.8) is 0 Å². The summed E-state index contributed by atoms with van der Waals surface area (Å²) >= 11 is 0. The Bertz CT molecular complexity index is 867. The van der Waals surface area contributed by atoms with Crippen LogP contribution >= 0.6 is 0 Å². The summed E-state index contributed by atoms with van der Waals surface area (Å²) in [7, 11) is 0. The molecule has 0 radical (unpaired) electrons.